The highest BCUT2D eigenvalue weighted by atomic mass is 16.2. The van der Waals surface area contributed by atoms with Crippen molar-refractivity contribution in [3.63, 3.8) is 0 Å². The number of carbonyl (C=O) groups excluding carboxylic acids is 2. The number of nitrogens with zero attached hydrogens (tertiary/aromatic N) is 3. The Bertz CT molecular complexity index is 485. The average molecular weight is 263 g/mol. The summed E-state index contributed by atoms with van der Waals surface area (Å²) in [6, 6.07) is 2.08. The first-order chi connectivity index (χ1) is 9.02. The summed E-state index contributed by atoms with van der Waals surface area (Å²) in [4.78, 5) is 26.4. The highest BCUT2D eigenvalue weighted by molar-refractivity contribution is 5.79. The Labute approximate surface area is 113 Å². The topological polar surface area (TPSA) is 45.6 Å². The molecule has 104 valence electrons. The molecule has 1 aromatic heterocycles. The van der Waals surface area contributed by atoms with Crippen LogP contribution in [-0.2, 0) is 23.1 Å². The smallest absolute Gasteiger partial charge is 0.227 e. The molecule has 0 radical (unpaired) electrons. The molecule has 0 unspecified atom stereocenters. The molecule has 1 aliphatic heterocycles. The monoisotopic (exact) mass is 263 g/mol. The van der Waals surface area contributed by atoms with E-state index in [1.54, 1.807) is 4.90 Å². The van der Waals surface area contributed by atoms with Gasteiger partial charge in [0.25, 0.3) is 0 Å². The number of aryl methyl sites for hydroxylation is 1. The largest absolute Gasteiger partial charge is 0.352 e. The molecule has 0 spiro atoms. The standard InChI is InChI=1S/C14H21N3O2/c1-11-8-13(12(2)15(11)3)9-14(19)17-6-4-16(10-18)5-7-17/h8,10H,4-7,9H2,1-3H3. The summed E-state index contributed by atoms with van der Waals surface area (Å²) < 4.78 is 2.10. The summed E-state index contributed by atoms with van der Waals surface area (Å²) in [5.41, 5.74) is 3.42. The maximum absolute atomic E-state index is 12.2. The van der Waals surface area contributed by atoms with Crippen LogP contribution in [0.1, 0.15) is 17.0 Å². The first-order valence-electron chi connectivity index (χ1n) is 6.62. The fourth-order valence-electron chi connectivity index (χ4n) is 2.46. The van der Waals surface area contributed by atoms with Gasteiger partial charge in [-0.3, -0.25) is 9.59 Å². The van der Waals surface area contributed by atoms with Crippen molar-refractivity contribution in [1.29, 1.82) is 0 Å². The second-order valence-electron chi connectivity index (χ2n) is 5.15. The first kappa shape index (κ1) is 13.6. The molecule has 1 aromatic rings. The first-order valence-corrected chi connectivity index (χ1v) is 6.62. The van der Waals surface area contributed by atoms with Crippen LogP contribution in [0.2, 0.25) is 0 Å². The molecule has 0 N–H and O–H groups in total. The maximum Gasteiger partial charge on any atom is 0.227 e. The van der Waals surface area contributed by atoms with E-state index in [4.69, 9.17) is 0 Å². The van der Waals surface area contributed by atoms with Crippen molar-refractivity contribution in [2.24, 2.45) is 7.05 Å². The van der Waals surface area contributed by atoms with E-state index >= 15 is 0 Å². The third-order valence-electron chi connectivity index (χ3n) is 4.04. The van der Waals surface area contributed by atoms with Crippen molar-refractivity contribution in [2.75, 3.05) is 26.2 Å². The Morgan fingerprint density at radius 2 is 1.89 bits per heavy atom. The number of hydrogen-bond acceptors (Lipinski definition) is 2. The number of rotatable bonds is 3. The van der Waals surface area contributed by atoms with Gasteiger partial charge in [-0.05, 0) is 25.5 Å². The lowest BCUT2D eigenvalue weighted by Gasteiger charge is -2.32. The van der Waals surface area contributed by atoms with E-state index in [0.717, 1.165) is 17.7 Å². The molecule has 1 aliphatic rings. The van der Waals surface area contributed by atoms with Gasteiger partial charge in [0.1, 0.15) is 0 Å². The third-order valence-corrected chi connectivity index (χ3v) is 4.04. The Hall–Kier alpha value is -1.78. The van der Waals surface area contributed by atoms with Crippen molar-refractivity contribution in [3.8, 4) is 0 Å². The van der Waals surface area contributed by atoms with Crippen LogP contribution in [0.4, 0.5) is 0 Å². The van der Waals surface area contributed by atoms with Crippen molar-refractivity contribution < 1.29 is 9.59 Å². The molecular weight excluding hydrogens is 242 g/mol. The van der Waals surface area contributed by atoms with Gasteiger partial charge in [0.15, 0.2) is 0 Å². The van der Waals surface area contributed by atoms with E-state index in [9.17, 15) is 9.59 Å². The summed E-state index contributed by atoms with van der Waals surface area (Å²) >= 11 is 0. The highest BCUT2D eigenvalue weighted by Gasteiger charge is 2.21. The minimum atomic E-state index is 0.152. The summed E-state index contributed by atoms with van der Waals surface area (Å²) in [6.45, 7) is 6.65. The predicted molar refractivity (Wildman–Crippen MR) is 72.8 cm³/mol. The minimum Gasteiger partial charge on any atom is -0.352 e. The molecule has 0 aromatic carbocycles. The van der Waals surface area contributed by atoms with Gasteiger partial charge in [-0.15, -0.1) is 0 Å². The zero-order valence-electron chi connectivity index (χ0n) is 11.8. The van der Waals surface area contributed by atoms with Gasteiger partial charge < -0.3 is 14.4 Å². The van der Waals surface area contributed by atoms with E-state index in [-0.39, 0.29) is 5.91 Å². The van der Waals surface area contributed by atoms with Crippen LogP contribution in [0.3, 0.4) is 0 Å². The number of amides is 2. The van der Waals surface area contributed by atoms with Crippen LogP contribution in [-0.4, -0.2) is 52.9 Å². The maximum atomic E-state index is 12.2. The Morgan fingerprint density at radius 1 is 1.26 bits per heavy atom. The average Bonchev–Trinajstić information content (AvgIpc) is 2.66. The molecule has 19 heavy (non-hydrogen) atoms. The van der Waals surface area contributed by atoms with E-state index < -0.39 is 0 Å². The van der Waals surface area contributed by atoms with Crippen LogP contribution < -0.4 is 0 Å². The van der Waals surface area contributed by atoms with Crippen molar-refractivity contribution in [2.45, 2.75) is 20.3 Å². The van der Waals surface area contributed by atoms with Crippen LogP contribution in [0.25, 0.3) is 0 Å². The van der Waals surface area contributed by atoms with Crippen LogP contribution in [0, 0.1) is 13.8 Å². The lowest BCUT2D eigenvalue weighted by molar-refractivity contribution is -0.134. The Morgan fingerprint density at radius 3 is 2.37 bits per heavy atom. The molecule has 1 saturated heterocycles. The zero-order chi connectivity index (χ0) is 14.0. The van der Waals surface area contributed by atoms with E-state index in [1.807, 2.05) is 25.8 Å². The number of carbonyl (C=O) groups is 2. The minimum absolute atomic E-state index is 0.152. The van der Waals surface area contributed by atoms with Crippen molar-refractivity contribution in [1.82, 2.24) is 14.4 Å². The number of aromatic nitrogens is 1. The number of piperazine rings is 1. The van der Waals surface area contributed by atoms with Gasteiger partial charge in [0, 0.05) is 44.6 Å². The van der Waals surface area contributed by atoms with E-state index in [2.05, 4.69) is 10.6 Å². The molecule has 0 saturated carbocycles. The van der Waals surface area contributed by atoms with E-state index in [0.29, 0.717) is 32.6 Å². The summed E-state index contributed by atoms with van der Waals surface area (Å²) in [5.74, 6) is 0.152. The summed E-state index contributed by atoms with van der Waals surface area (Å²) in [5, 5.41) is 0. The second kappa shape index (κ2) is 5.47. The molecule has 0 aliphatic carbocycles. The quantitative estimate of drug-likeness (QED) is 0.745. The Balaban J connectivity index is 1.98. The van der Waals surface area contributed by atoms with Gasteiger partial charge in [-0.2, -0.15) is 0 Å². The predicted octanol–water partition coefficient (Wildman–Crippen LogP) is 0.485. The lowest BCUT2D eigenvalue weighted by Crippen LogP contribution is -2.48. The fourth-order valence-corrected chi connectivity index (χ4v) is 2.46. The van der Waals surface area contributed by atoms with Crippen molar-refractivity contribution in [3.05, 3.63) is 23.0 Å². The van der Waals surface area contributed by atoms with Crippen molar-refractivity contribution >= 4 is 12.3 Å². The Kier molecular flexibility index (Phi) is 3.93. The molecule has 0 bridgehead atoms. The lowest BCUT2D eigenvalue weighted by atomic mass is 10.1. The van der Waals surface area contributed by atoms with Crippen LogP contribution >= 0.6 is 0 Å². The molecule has 5 heteroatoms. The van der Waals surface area contributed by atoms with Gasteiger partial charge in [-0.25, -0.2) is 0 Å². The molecule has 0 atom stereocenters. The van der Waals surface area contributed by atoms with Gasteiger partial charge >= 0.3 is 0 Å². The summed E-state index contributed by atoms with van der Waals surface area (Å²) in [6.07, 6.45) is 1.31. The fraction of sp³-hybridized carbons (Fsp3) is 0.571. The molecule has 5 nitrogen and oxygen atoms in total. The van der Waals surface area contributed by atoms with Crippen LogP contribution in [0.15, 0.2) is 6.07 Å². The molecule has 1 fully saturated rings. The zero-order valence-corrected chi connectivity index (χ0v) is 11.8. The SMILES string of the molecule is Cc1cc(CC(=O)N2CCN(C=O)CC2)c(C)n1C. The molecule has 2 heterocycles. The van der Waals surface area contributed by atoms with Gasteiger partial charge in [0.05, 0.1) is 6.42 Å². The van der Waals surface area contributed by atoms with E-state index in [1.165, 1.54) is 5.69 Å². The van der Waals surface area contributed by atoms with Gasteiger partial charge in [0.2, 0.25) is 12.3 Å². The third kappa shape index (κ3) is 2.80. The number of hydrogen-bond donors (Lipinski definition) is 0. The molecular formula is C14H21N3O2. The second-order valence-corrected chi connectivity index (χ2v) is 5.15. The highest BCUT2D eigenvalue weighted by Crippen LogP contribution is 2.15. The summed E-state index contributed by atoms with van der Waals surface area (Å²) in [7, 11) is 2.02. The molecule has 2 rings (SSSR count). The normalized spacial score (nSPS) is 15.7. The van der Waals surface area contributed by atoms with Crippen LogP contribution in [0.5, 0.6) is 0 Å². The molecule has 2 amide bonds. The van der Waals surface area contributed by atoms with Gasteiger partial charge in [-0.1, -0.05) is 0 Å².